The molecule has 4 nitrogen and oxygen atoms in total. The standard InChI is InChI=1S/C13H21IN4/c1-3-10-11(14)12(15-2)17-13(16-10)18-8-6-4-5-7-9-18/h3-9H2,1-2H3,(H,15,16,17). The van der Waals surface area contributed by atoms with Crippen LogP contribution in [-0.2, 0) is 6.42 Å². The molecule has 18 heavy (non-hydrogen) atoms. The van der Waals surface area contributed by atoms with Gasteiger partial charge < -0.3 is 10.2 Å². The fraction of sp³-hybridized carbons (Fsp3) is 0.692. The van der Waals surface area contributed by atoms with E-state index in [0.717, 1.165) is 40.5 Å². The maximum atomic E-state index is 4.73. The van der Waals surface area contributed by atoms with Gasteiger partial charge in [-0.3, -0.25) is 0 Å². The minimum atomic E-state index is 0.901. The van der Waals surface area contributed by atoms with Gasteiger partial charge >= 0.3 is 0 Å². The van der Waals surface area contributed by atoms with Gasteiger partial charge in [0.25, 0.3) is 0 Å². The molecule has 0 aliphatic carbocycles. The fourth-order valence-electron chi connectivity index (χ4n) is 2.29. The molecule has 1 saturated heterocycles. The van der Waals surface area contributed by atoms with E-state index < -0.39 is 0 Å². The van der Waals surface area contributed by atoms with E-state index >= 15 is 0 Å². The summed E-state index contributed by atoms with van der Waals surface area (Å²) in [6.45, 7) is 4.33. The molecule has 1 aliphatic rings. The highest BCUT2D eigenvalue weighted by Gasteiger charge is 2.16. The Balaban J connectivity index is 2.31. The van der Waals surface area contributed by atoms with Gasteiger partial charge in [-0.2, -0.15) is 4.98 Å². The molecule has 1 aromatic heterocycles. The van der Waals surface area contributed by atoms with Crippen LogP contribution in [0.5, 0.6) is 0 Å². The van der Waals surface area contributed by atoms with Crippen LogP contribution in [-0.4, -0.2) is 30.1 Å². The smallest absolute Gasteiger partial charge is 0.227 e. The lowest BCUT2D eigenvalue weighted by molar-refractivity contribution is 0.726. The Morgan fingerprint density at radius 3 is 2.39 bits per heavy atom. The van der Waals surface area contributed by atoms with Crippen LogP contribution in [0.25, 0.3) is 0 Å². The second-order valence-corrected chi connectivity index (χ2v) is 5.72. The quantitative estimate of drug-likeness (QED) is 0.842. The monoisotopic (exact) mass is 360 g/mol. The Hall–Kier alpha value is -0.590. The van der Waals surface area contributed by atoms with Gasteiger partial charge in [0, 0.05) is 20.1 Å². The van der Waals surface area contributed by atoms with Crippen LogP contribution in [0.15, 0.2) is 0 Å². The number of anilines is 2. The summed E-state index contributed by atoms with van der Waals surface area (Å²) >= 11 is 2.33. The largest absolute Gasteiger partial charge is 0.372 e. The van der Waals surface area contributed by atoms with Crippen LogP contribution in [0.3, 0.4) is 0 Å². The zero-order valence-electron chi connectivity index (χ0n) is 11.2. The second kappa shape index (κ2) is 6.54. The lowest BCUT2D eigenvalue weighted by Crippen LogP contribution is -2.27. The topological polar surface area (TPSA) is 41.1 Å². The molecule has 0 saturated carbocycles. The molecule has 1 aliphatic heterocycles. The van der Waals surface area contributed by atoms with Crippen molar-refractivity contribution in [3.05, 3.63) is 9.26 Å². The number of rotatable bonds is 3. The average molecular weight is 360 g/mol. The van der Waals surface area contributed by atoms with Crippen molar-refractivity contribution < 1.29 is 0 Å². The molecule has 1 fully saturated rings. The number of aromatic nitrogens is 2. The molecule has 1 N–H and O–H groups in total. The molecule has 2 rings (SSSR count). The van der Waals surface area contributed by atoms with E-state index in [-0.39, 0.29) is 0 Å². The average Bonchev–Trinajstić information content (AvgIpc) is 2.68. The number of aryl methyl sites for hydroxylation is 1. The van der Waals surface area contributed by atoms with Crippen LogP contribution in [0.2, 0.25) is 0 Å². The first-order chi connectivity index (χ1) is 8.76. The number of hydrogen-bond donors (Lipinski definition) is 1. The maximum Gasteiger partial charge on any atom is 0.227 e. The summed E-state index contributed by atoms with van der Waals surface area (Å²) in [5.74, 6) is 1.86. The normalized spacial score (nSPS) is 16.5. The highest BCUT2D eigenvalue weighted by Crippen LogP contribution is 2.24. The number of nitrogens with zero attached hydrogens (tertiary/aromatic N) is 3. The highest BCUT2D eigenvalue weighted by molar-refractivity contribution is 14.1. The Labute approximate surface area is 123 Å². The first-order valence-corrected chi connectivity index (χ1v) is 7.83. The molecule has 0 spiro atoms. The summed E-state index contributed by atoms with van der Waals surface area (Å²) in [6, 6.07) is 0. The number of nitrogens with one attached hydrogen (secondary N) is 1. The highest BCUT2D eigenvalue weighted by atomic mass is 127. The van der Waals surface area contributed by atoms with Gasteiger partial charge in [0.05, 0.1) is 9.26 Å². The van der Waals surface area contributed by atoms with Gasteiger partial charge in [0.1, 0.15) is 5.82 Å². The van der Waals surface area contributed by atoms with E-state index in [1.807, 2.05) is 7.05 Å². The Morgan fingerprint density at radius 2 is 1.83 bits per heavy atom. The van der Waals surface area contributed by atoms with Crippen molar-refractivity contribution in [3.8, 4) is 0 Å². The zero-order valence-corrected chi connectivity index (χ0v) is 13.3. The van der Waals surface area contributed by atoms with Crippen molar-refractivity contribution in [2.24, 2.45) is 0 Å². The van der Waals surface area contributed by atoms with Gasteiger partial charge in [-0.15, -0.1) is 0 Å². The minimum Gasteiger partial charge on any atom is -0.372 e. The van der Waals surface area contributed by atoms with Crippen LogP contribution in [0.4, 0.5) is 11.8 Å². The molecule has 100 valence electrons. The van der Waals surface area contributed by atoms with Gasteiger partial charge in [-0.1, -0.05) is 19.8 Å². The summed E-state index contributed by atoms with van der Waals surface area (Å²) in [5.41, 5.74) is 1.15. The van der Waals surface area contributed by atoms with Gasteiger partial charge in [-0.25, -0.2) is 4.98 Å². The van der Waals surface area contributed by atoms with E-state index in [4.69, 9.17) is 4.98 Å². The van der Waals surface area contributed by atoms with E-state index in [1.54, 1.807) is 0 Å². The molecule has 5 heteroatoms. The second-order valence-electron chi connectivity index (χ2n) is 4.64. The van der Waals surface area contributed by atoms with Gasteiger partial charge in [0.15, 0.2) is 0 Å². The lowest BCUT2D eigenvalue weighted by atomic mass is 10.2. The zero-order chi connectivity index (χ0) is 13.0. The molecule has 0 atom stereocenters. The van der Waals surface area contributed by atoms with Gasteiger partial charge in [0.2, 0.25) is 5.95 Å². The van der Waals surface area contributed by atoms with Gasteiger partial charge in [-0.05, 0) is 41.9 Å². The summed E-state index contributed by atoms with van der Waals surface area (Å²) in [5, 5.41) is 3.18. The van der Waals surface area contributed by atoms with Crippen molar-refractivity contribution in [2.75, 3.05) is 30.4 Å². The Bertz CT molecular complexity index is 375. The van der Waals surface area contributed by atoms with Crippen molar-refractivity contribution in [1.82, 2.24) is 9.97 Å². The maximum absolute atomic E-state index is 4.73. The summed E-state index contributed by atoms with van der Waals surface area (Å²) in [4.78, 5) is 11.7. The molecule has 1 aromatic rings. The molecule has 0 unspecified atom stereocenters. The summed E-state index contributed by atoms with van der Waals surface area (Å²) in [7, 11) is 1.93. The Morgan fingerprint density at radius 1 is 1.17 bits per heavy atom. The first kappa shape index (κ1) is 13.8. The van der Waals surface area contributed by atoms with Crippen molar-refractivity contribution >= 4 is 34.4 Å². The number of halogens is 1. The molecular formula is C13H21IN4. The molecule has 0 radical (unpaired) electrons. The first-order valence-electron chi connectivity index (χ1n) is 6.75. The van der Waals surface area contributed by atoms with Crippen LogP contribution < -0.4 is 10.2 Å². The molecule has 0 bridgehead atoms. The third kappa shape index (κ3) is 3.05. The van der Waals surface area contributed by atoms with E-state index in [2.05, 4.69) is 44.7 Å². The predicted molar refractivity (Wildman–Crippen MR) is 84.4 cm³/mol. The lowest BCUT2D eigenvalue weighted by Gasteiger charge is -2.22. The van der Waals surface area contributed by atoms with Crippen LogP contribution in [0.1, 0.15) is 38.3 Å². The number of hydrogen-bond acceptors (Lipinski definition) is 4. The van der Waals surface area contributed by atoms with Crippen molar-refractivity contribution in [2.45, 2.75) is 39.0 Å². The molecule has 0 amide bonds. The molecule has 2 heterocycles. The van der Waals surface area contributed by atoms with Crippen molar-refractivity contribution in [3.63, 3.8) is 0 Å². The summed E-state index contributed by atoms with van der Waals surface area (Å²) < 4.78 is 1.15. The van der Waals surface area contributed by atoms with Crippen LogP contribution in [0, 0.1) is 3.57 Å². The minimum absolute atomic E-state index is 0.901. The van der Waals surface area contributed by atoms with Crippen LogP contribution >= 0.6 is 22.6 Å². The SMILES string of the molecule is CCc1nc(N2CCCCCC2)nc(NC)c1I. The third-order valence-corrected chi connectivity index (χ3v) is 4.50. The summed E-state index contributed by atoms with van der Waals surface area (Å²) in [6.07, 6.45) is 6.13. The van der Waals surface area contributed by atoms with E-state index in [0.29, 0.717) is 0 Å². The van der Waals surface area contributed by atoms with Crippen molar-refractivity contribution in [1.29, 1.82) is 0 Å². The molecular weight excluding hydrogens is 339 g/mol. The third-order valence-electron chi connectivity index (χ3n) is 3.37. The Kier molecular flexibility index (Phi) is 5.03. The van der Waals surface area contributed by atoms with E-state index in [9.17, 15) is 0 Å². The van der Waals surface area contributed by atoms with E-state index in [1.165, 1.54) is 25.7 Å². The fourth-order valence-corrected chi connectivity index (χ4v) is 3.18. The molecule has 0 aromatic carbocycles. The predicted octanol–water partition coefficient (Wildman–Crippen LogP) is 3.07.